The lowest BCUT2D eigenvalue weighted by Crippen LogP contribution is -2.14. The summed E-state index contributed by atoms with van der Waals surface area (Å²) in [7, 11) is 0. The fourth-order valence-electron chi connectivity index (χ4n) is 1.94. The van der Waals surface area contributed by atoms with Crippen molar-refractivity contribution in [2.24, 2.45) is 0 Å². The van der Waals surface area contributed by atoms with Crippen molar-refractivity contribution in [3.63, 3.8) is 0 Å². The Kier molecular flexibility index (Phi) is 3.10. The lowest BCUT2D eigenvalue weighted by molar-refractivity contribution is 0.802. The largest absolute Gasteiger partial charge is 0.364 e. The van der Waals surface area contributed by atoms with E-state index in [0.29, 0.717) is 5.65 Å². The highest BCUT2D eigenvalue weighted by molar-refractivity contribution is 7.99. The molecule has 2 aromatic heterocycles. The van der Waals surface area contributed by atoms with Crippen LogP contribution >= 0.6 is 11.8 Å². The number of nitrogens with zero attached hydrogens (tertiary/aromatic N) is 3. The molecule has 20 heavy (non-hydrogen) atoms. The fraction of sp³-hybridized carbons (Fsp3) is 0.214. The zero-order valence-electron chi connectivity index (χ0n) is 11.5. The van der Waals surface area contributed by atoms with E-state index in [4.69, 9.17) is 0 Å². The van der Waals surface area contributed by atoms with Gasteiger partial charge in [-0.05, 0) is 38.5 Å². The molecular formula is C14H14N4OS. The molecule has 0 saturated heterocycles. The topological polar surface area (TPSA) is 63.1 Å². The van der Waals surface area contributed by atoms with Crippen LogP contribution in [0.3, 0.4) is 0 Å². The monoisotopic (exact) mass is 286 g/mol. The number of rotatable bonds is 2. The first-order valence-electron chi connectivity index (χ1n) is 6.25. The van der Waals surface area contributed by atoms with Crippen LogP contribution in [0, 0.1) is 20.8 Å². The zero-order valence-corrected chi connectivity index (χ0v) is 12.3. The third kappa shape index (κ3) is 2.12. The predicted molar refractivity (Wildman–Crippen MR) is 78.4 cm³/mol. The van der Waals surface area contributed by atoms with Crippen LogP contribution in [0.4, 0.5) is 0 Å². The van der Waals surface area contributed by atoms with Crippen molar-refractivity contribution in [2.75, 3.05) is 0 Å². The standard InChI is InChI=1S/C14H14N4OS/c1-8-4-6-11(7-5-8)20-13-10(3)9(2)12-15-16-14(19)18(12)17-13/h4-7H,1-3H3,(H,16,19). The number of H-pyrrole nitrogens is 1. The Labute approximate surface area is 120 Å². The first-order valence-corrected chi connectivity index (χ1v) is 7.07. The average molecular weight is 286 g/mol. The van der Waals surface area contributed by atoms with E-state index < -0.39 is 0 Å². The summed E-state index contributed by atoms with van der Waals surface area (Å²) in [5, 5.41) is 11.6. The van der Waals surface area contributed by atoms with Crippen LogP contribution < -0.4 is 5.69 Å². The predicted octanol–water partition coefficient (Wildman–Crippen LogP) is 2.49. The Hall–Kier alpha value is -2.08. The molecule has 1 N–H and O–H groups in total. The lowest BCUT2D eigenvalue weighted by atomic mass is 10.2. The van der Waals surface area contributed by atoms with E-state index >= 15 is 0 Å². The highest BCUT2D eigenvalue weighted by Crippen LogP contribution is 2.30. The summed E-state index contributed by atoms with van der Waals surface area (Å²) in [6.45, 7) is 6.00. The van der Waals surface area contributed by atoms with Gasteiger partial charge in [0, 0.05) is 10.5 Å². The summed E-state index contributed by atoms with van der Waals surface area (Å²) in [6.07, 6.45) is 0. The van der Waals surface area contributed by atoms with E-state index in [1.165, 1.54) is 10.1 Å². The summed E-state index contributed by atoms with van der Waals surface area (Å²) in [4.78, 5) is 12.8. The molecule has 0 spiro atoms. The number of hydrogen-bond donors (Lipinski definition) is 1. The molecule has 0 unspecified atom stereocenters. The van der Waals surface area contributed by atoms with Crippen molar-refractivity contribution in [1.82, 2.24) is 19.8 Å². The van der Waals surface area contributed by atoms with Gasteiger partial charge in [-0.1, -0.05) is 29.5 Å². The first-order chi connectivity index (χ1) is 9.56. The Bertz CT molecular complexity index is 833. The molecule has 102 valence electrons. The van der Waals surface area contributed by atoms with Gasteiger partial charge in [-0.15, -0.1) is 0 Å². The number of fused-ring (bicyclic) bond motifs is 1. The minimum absolute atomic E-state index is 0.311. The number of nitrogens with one attached hydrogen (secondary N) is 1. The third-order valence-electron chi connectivity index (χ3n) is 3.30. The van der Waals surface area contributed by atoms with Gasteiger partial charge >= 0.3 is 5.69 Å². The van der Waals surface area contributed by atoms with Crippen LogP contribution in [0.2, 0.25) is 0 Å². The summed E-state index contributed by atoms with van der Waals surface area (Å²) >= 11 is 1.55. The van der Waals surface area contributed by atoms with Gasteiger partial charge < -0.3 is 0 Å². The second-order valence-corrected chi connectivity index (χ2v) is 5.80. The fourth-order valence-corrected chi connectivity index (χ4v) is 2.86. The van der Waals surface area contributed by atoms with Gasteiger partial charge in [0.15, 0.2) is 5.65 Å². The van der Waals surface area contributed by atoms with E-state index in [1.54, 1.807) is 11.8 Å². The molecule has 3 rings (SSSR count). The maximum atomic E-state index is 11.7. The van der Waals surface area contributed by atoms with Gasteiger partial charge in [-0.25, -0.2) is 9.89 Å². The second kappa shape index (κ2) is 4.79. The first kappa shape index (κ1) is 12.9. The molecule has 0 radical (unpaired) electrons. The SMILES string of the molecule is Cc1ccc(Sc2nn3c(=O)[nH]nc3c(C)c2C)cc1. The molecule has 0 saturated carbocycles. The number of aromatic nitrogens is 4. The maximum Gasteiger partial charge on any atom is 0.364 e. The van der Waals surface area contributed by atoms with Crippen LogP contribution in [0.1, 0.15) is 16.7 Å². The van der Waals surface area contributed by atoms with Crippen LogP contribution in [0.5, 0.6) is 0 Å². The summed E-state index contributed by atoms with van der Waals surface area (Å²) in [5.74, 6) is 0. The van der Waals surface area contributed by atoms with Crippen molar-refractivity contribution >= 4 is 17.4 Å². The quantitative estimate of drug-likeness (QED) is 0.786. The van der Waals surface area contributed by atoms with Gasteiger partial charge in [0.1, 0.15) is 5.03 Å². The molecule has 5 nitrogen and oxygen atoms in total. The summed E-state index contributed by atoms with van der Waals surface area (Å²) < 4.78 is 1.32. The van der Waals surface area contributed by atoms with Crippen LogP contribution in [0.25, 0.3) is 5.65 Å². The molecule has 1 aromatic carbocycles. The molecule has 0 fully saturated rings. The van der Waals surface area contributed by atoms with Crippen molar-refractivity contribution in [1.29, 1.82) is 0 Å². The van der Waals surface area contributed by atoms with Crippen molar-refractivity contribution in [3.05, 3.63) is 51.4 Å². The average Bonchev–Trinajstić information content (AvgIpc) is 2.80. The molecule has 0 aliphatic carbocycles. The smallest absolute Gasteiger partial charge is 0.244 e. The van der Waals surface area contributed by atoms with Crippen molar-refractivity contribution in [2.45, 2.75) is 30.7 Å². The summed E-state index contributed by atoms with van der Waals surface area (Å²) in [6, 6.07) is 8.23. The molecule has 6 heteroatoms. The van der Waals surface area contributed by atoms with Gasteiger partial charge in [-0.3, -0.25) is 0 Å². The Morgan fingerprint density at radius 3 is 2.50 bits per heavy atom. The van der Waals surface area contributed by atoms with E-state index in [0.717, 1.165) is 21.0 Å². The van der Waals surface area contributed by atoms with Gasteiger partial charge in [0.25, 0.3) is 0 Å². The maximum absolute atomic E-state index is 11.7. The normalized spacial score (nSPS) is 11.2. The summed E-state index contributed by atoms with van der Waals surface area (Å²) in [5.41, 5.74) is 3.50. The van der Waals surface area contributed by atoms with Crippen LogP contribution in [0.15, 0.2) is 39.0 Å². The van der Waals surface area contributed by atoms with Gasteiger partial charge in [0.05, 0.1) is 0 Å². The molecule has 0 aliphatic rings. The molecule has 3 aromatic rings. The van der Waals surface area contributed by atoms with E-state index in [-0.39, 0.29) is 5.69 Å². The van der Waals surface area contributed by atoms with Gasteiger partial charge in [0.2, 0.25) is 0 Å². The second-order valence-electron chi connectivity index (χ2n) is 4.73. The van der Waals surface area contributed by atoms with E-state index in [1.807, 2.05) is 13.8 Å². The molecule has 0 bridgehead atoms. The zero-order chi connectivity index (χ0) is 14.3. The number of aromatic amines is 1. The Morgan fingerprint density at radius 2 is 1.80 bits per heavy atom. The highest BCUT2D eigenvalue weighted by atomic mass is 32.2. The number of hydrogen-bond acceptors (Lipinski definition) is 4. The van der Waals surface area contributed by atoms with Crippen LogP contribution in [-0.4, -0.2) is 19.8 Å². The number of benzene rings is 1. The van der Waals surface area contributed by atoms with E-state index in [2.05, 4.69) is 46.5 Å². The molecular weight excluding hydrogens is 272 g/mol. The van der Waals surface area contributed by atoms with Crippen molar-refractivity contribution < 1.29 is 0 Å². The van der Waals surface area contributed by atoms with Gasteiger partial charge in [-0.2, -0.15) is 14.7 Å². The van der Waals surface area contributed by atoms with E-state index in [9.17, 15) is 4.79 Å². The molecule has 0 amide bonds. The molecule has 2 heterocycles. The molecule has 0 aliphatic heterocycles. The van der Waals surface area contributed by atoms with Crippen LogP contribution in [-0.2, 0) is 0 Å². The Morgan fingerprint density at radius 1 is 1.10 bits per heavy atom. The lowest BCUT2D eigenvalue weighted by Gasteiger charge is -2.08. The number of aryl methyl sites for hydroxylation is 2. The minimum Gasteiger partial charge on any atom is -0.244 e. The molecule has 0 atom stereocenters. The minimum atomic E-state index is -0.311. The van der Waals surface area contributed by atoms with Crippen molar-refractivity contribution in [3.8, 4) is 0 Å². The third-order valence-corrected chi connectivity index (χ3v) is 4.38. The highest BCUT2D eigenvalue weighted by Gasteiger charge is 2.13. The Balaban J connectivity index is 2.11.